The number of carbonyl (C=O) groups excluding carboxylic acids is 1. The van der Waals surface area contributed by atoms with E-state index in [1.807, 2.05) is 33.8 Å². The Balaban J connectivity index is 0.795. The van der Waals surface area contributed by atoms with Crippen LogP contribution >= 0.6 is 0 Å². The molecule has 1 aromatic heterocycles. The van der Waals surface area contributed by atoms with Crippen LogP contribution in [0.4, 0.5) is 0 Å². The molecule has 1 aromatic rings. The van der Waals surface area contributed by atoms with E-state index < -0.39 is 92.1 Å². The lowest BCUT2D eigenvalue weighted by Crippen LogP contribution is -2.70. The summed E-state index contributed by atoms with van der Waals surface area (Å²) in [6.45, 7) is 16.0. The average Bonchev–Trinajstić information content (AvgIpc) is 4.01. The summed E-state index contributed by atoms with van der Waals surface area (Å²) < 4.78 is 32.8. The molecule has 4 aliphatic heterocycles. The zero-order chi connectivity index (χ0) is 48.8. The summed E-state index contributed by atoms with van der Waals surface area (Å²) >= 11 is 0. The molecule has 0 unspecified atom stereocenters. The highest BCUT2D eigenvalue weighted by molar-refractivity contribution is 5.92. The first kappa shape index (κ1) is 46.6. The van der Waals surface area contributed by atoms with Crippen molar-refractivity contribution >= 4 is 5.78 Å². The molecule has 12 aliphatic rings. The first-order valence-electron chi connectivity index (χ1n) is 26.6. The third kappa shape index (κ3) is 5.16. The maximum Gasteiger partial charge on any atom is 0.201 e. The maximum atomic E-state index is 15.0. The number of aromatic nitrogens is 2. The highest BCUT2D eigenvalue weighted by Gasteiger charge is 2.80. The normalized spacial score (nSPS) is 57.0. The van der Waals surface area contributed by atoms with Crippen LogP contribution in [0.25, 0.3) is 0 Å². The zero-order valence-corrected chi connectivity index (χ0v) is 42.1. The summed E-state index contributed by atoms with van der Waals surface area (Å²) in [7, 11) is 1.77. The van der Waals surface area contributed by atoms with E-state index in [1.165, 1.54) is 0 Å². The van der Waals surface area contributed by atoms with Crippen LogP contribution in [0, 0.1) is 69.0 Å². The van der Waals surface area contributed by atoms with Gasteiger partial charge in [-0.3, -0.25) is 14.8 Å². The second-order valence-corrected chi connectivity index (χ2v) is 26.4. The van der Waals surface area contributed by atoms with Crippen molar-refractivity contribution in [3.63, 3.8) is 0 Å². The number of ketones is 1. The van der Waals surface area contributed by atoms with E-state index in [1.54, 1.807) is 14.0 Å². The fraction of sp³-hybridized carbons (Fsp3) is 0.836. The Bertz CT molecular complexity index is 2500. The molecule has 3 spiro atoms. The quantitative estimate of drug-likeness (QED) is 0.221. The highest BCUT2D eigenvalue weighted by Crippen LogP contribution is 2.74. The minimum Gasteiger partial charge on any atom is -0.393 e. The fourth-order valence-electron chi connectivity index (χ4n) is 19.7. The van der Waals surface area contributed by atoms with Gasteiger partial charge in [0.15, 0.2) is 5.79 Å². The Morgan fingerprint density at radius 3 is 2.23 bits per heavy atom. The molecule has 378 valence electrons. The molecule has 8 fully saturated rings. The third-order valence-corrected chi connectivity index (χ3v) is 23.4. The number of nitrogens with zero attached hydrogens (tertiary/aromatic N) is 2. The summed E-state index contributed by atoms with van der Waals surface area (Å²) in [5, 5.41) is 71.9. The molecular weight excluding hydrogens is 881 g/mol. The first-order chi connectivity index (χ1) is 32.4. The second-order valence-electron chi connectivity index (χ2n) is 26.4. The van der Waals surface area contributed by atoms with Crippen molar-refractivity contribution in [3.05, 3.63) is 46.1 Å². The molecular formula is C55H76N2O12. The molecule has 0 aromatic carbocycles. The molecule has 4 saturated carbocycles. The van der Waals surface area contributed by atoms with Crippen LogP contribution in [-0.4, -0.2) is 125 Å². The van der Waals surface area contributed by atoms with E-state index >= 15 is 4.79 Å². The van der Waals surface area contributed by atoms with Gasteiger partial charge in [0.1, 0.15) is 35.8 Å². The van der Waals surface area contributed by atoms with Gasteiger partial charge in [-0.05, 0) is 108 Å². The van der Waals surface area contributed by atoms with Gasteiger partial charge >= 0.3 is 0 Å². The van der Waals surface area contributed by atoms with Gasteiger partial charge < -0.3 is 54.3 Å². The fourth-order valence-corrected chi connectivity index (χ4v) is 19.7. The average molecular weight is 957 g/mol. The van der Waals surface area contributed by atoms with Crippen LogP contribution < -0.4 is 0 Å². The molecule has 13 rings (SSSR count). The smallest absolute Gasteiger partial charge is 0.201 e. The molecule has 5 heterocycles. The predicted molar refractivity (Wildman–Crippen MR) is 248 cm³/mol. The number of Topliss-reactive ketones (excluding diaryl/α,β-unsaturated/α-hetero) is 1. The monoisotopic (exact) mass is 957 g/mol. The number of carbonyl (C=O) groups is 1. The van der Waals surface area contributed by atoms with Crippen LogP contribution in [-0.2, 0) is 47.7 Å². The molecule has 4 saturated heterocycles. The minimum absolute atomic E-state index is 0.00864. The molecule has 0 bridgehead atoms. The summed E-state index contributed by atoms with van der Waals surface area (Å²) in [5.41, 5.74) is -1.60. The third-order valence-electron chi connectivity index (χ3n) is 23.4. The van der Waals surface area contributed by atoms with Crippen LogP contribution in [0.2, 0.25) is 0 Å². The lowest BCUT2D eigenvalue weighted by Gasteiger charge is -2.64. The topological polar surface area (TPSA) is 210 Å². The standard InChI is InChI=1S/C55H76N2O12/c1-26-31-14-15-32-33-13-11-28-16-36-38(20-48(28,6)52(33,63)23-40(60)51(31,32)25-66-54(26)41(61)21-46(3,4)68-54)56-37-17-29-10-12-30-34(49(29,7)45(65-9)44(37)57-36)18-39(59)50(8)35(30)19-43-53(50,64)27(2)55(67-43)42(62)22-47(5,24-58)69-55/h15,19,26-31,33-34,39,41-43,45,58-59,61-64H,10-14,16-18,20-25H2,1-9H3/t26-,27-,28-,29-,30+,31+,33-,34-,39+,41+,42+,43-,45-,47-,48-,49-,50+,51+,52+,53+,54+,55-/m0/s1. The maximum absolute atomic E-state index is 15.0. The van der Waals surface area contributed by atoms with Crippen molar-refractivity contribution in [1.82, 2.24) is 9.97 Å². The van der Waals surface area contributed by atoms with Crippen LogP contribution in [0.3, 0.4) is 0 Å². The Morgan fingerprint density at radius 1 is 0.812 bits per heavy atom. The molecule has 22 atom stereocenters. The molecule has 0 radical (unpaired) electrons. The number of methoxy groups -OCH3 is 1. The summed E-state index contributed by atoms with van der Waals surface area (Å²) in [6, 6.07) is 0. The first-order valence-corrected chi connectivity index (χ1v) is 26.6. The van der Waals surface area contributed by atoms with Gasteiger partial charge in [0.05, 0.1) is 64.3 Å². The van der Waals surface area contributed by atoms with E-state index in [2.05, 4.69) is 26.8 Å². The van der Waals surface area contributed by atoms with Gasteiger partial charge in [-0.2, -0.15) is 0 Å². The van der Waals surface area contributed by atoms with Gasteiger partial charge in [0.2, 0.25) is 5.79 Å². The molecule has 6 N–H and O–H groups in total. The van der Waals surface area contributed by atoms with Crippen molar-refractivity contribution < 1.29 is 59.1 Å². The van der Waals surface area contributed by atoms with Crippen LogP contribution in [0.15, 0.2) is 23.3 Å². The van der Waals surface area contributed by atoms with Crippen LogP contribution in [0.1, 0.15) is 142 Å². The zero-order valence-electron chi connectivity index (χ0n) is 42.1. The van der Waals surface area contributed by atoms with Crippen LogP contribution in [0.5, 0.6) is 0 Å². The van der Waals surface area contributed by atoms with Crippen molar-refractivity contribution in [1.29, 1.82) is 0 Å². The lowest BCUT2D eigenvalue weighted by atomic mass is 9.42. The Labute approximate surface area is 406 Å². The molecule has 69 heavy (non-hydrogen) atoms. The number of ether oxygens (including phenoxy) is 5. The van der Waals surface area contributed by atoms with Gasteiger partial charge in [-0.1, -0.05) is 57.9 Å². The SMILES string of the molecule is CO[C@H]1c2nc3c(nc2C[C@@H]2CC[C@H]4C5=C[C@@H]6O[C@]7(O[C@](C)(CO)C[C@H]7O)[C@@H](C)[C@]6(O)[C@@]5(C)[C@H](O)C[C@@H]4[C@]21C)C[C@@]1(C)[C@@H](CC[C@H]2C4=CC[C@@H]5[C@H](C)[C@@]6(OC[C@]45C(=O)C[C@@]21O)OC(C)(C)C[C@H]6O)C3. The number of allylic oxidation sites excluding steroid dienone is 1. The second kappa shape index (κ2) is 13.9. The molecule has 0 amide bonds. The largest absolute Gasteiger partial charge is 0.393 e. The van der Waals surface area contributed by atoms with Gasteiger partial charge in [-0.15, -0.1) is 0 Å². The Hall–Kier alpha value is -2.21. The summed E-state index contributed by atoms with van der Waals surface area (Å²) in [5.74, 6) is -3.49. The van der Waals surface area contributed by atoms with Crippen molar-refractivity contribution in [3.8, 4) is 0 Å². The minimum atomic E-state index is -1.56. The van der Waals surface area contributed by atoms with Gasteiger partial charge in [0, 0.05) is 60.4 Å². The number of fused-ring (bicyclic) bond motifs is 13. The number of rotatable bonds is 2. The van der Waals surface area contributed by atoms with Gasteiger partial charge in [-0.25, -0.2) is 0 Å². The van der Waals surface area contributed by atoms with Gasteiger partial charge in [0.25, 0.3) is 0 Å². The van der Waals surface area contributed by atoms with E-state index in [0.717, 1.165) is 59.6 Å². The van der Waals surface area contributed by atoms with Crippen molar-refractivity contribution in [2.45, 2.75) is 197 Å². The summed E-state index contributed by atoms with van der Waals surface area (Å²) in [4.78, 5) is 26.1. The van der Waals surface area contributed by atoms with E-state index in [-0.39, 0.29) is 73.3 Å². The highest BCUT2D eigenvalue weighted by atomic mass is 16.7. The number of hydrogen-bond donors (Lipinski definition) is 6. The molecule has 14 nitrogen and oxygen atoms in total. The van der Waals surface area contributed by atoms with Crippen molar-refractivity contribution in [2.75, 3.05) is 20.3 Å². The van der Waals surface area contributed by atoms with E-state index in [9.17, 15) is 30.6 Å². The van der Waals surface area contributed by atoms with Crippen molar-refractivity contribution in [2.24, 2.45) is 69.0 Å². The number of aliphatic hydroxyl groups is 6. The van der Waals surface area contributed by atoms with E-state index in [0.29, 0.717) is 38.5 Å². The number of hydrogen-bond acceptors (Lipinski definition) is 14. The lowest BCUT2D eigenvalue weighted by molar-refractivity contribution is -0.337. The molecule has 14 heteroatoms. The van der Waals surface area contributed by atoms with E-state index in [4.69, 9.17) is 33.7 Å². The molecule has 8 aliphatic carbocycles. The Kier molecular flexibility index (Phi) is 9.40. The number of aliphatic hydroxyl groups excluding tert-OH is 4. The summed E-state index contributed by atoms with van der Waals surface area (Å²) in [6.07, 6.45) is 7.45. The Morgan fingerprint density at radius 2 is 1.54 bits per heavy atom. The predicted octanol–water partition coefficient (Wildman–Crippen LogP) is 4.76.